The maximum absolute atomic E-state index is 11.3. The Morgan fingerprint density at radius 1 is 1.41 bits per heavy atom. The number of rotatable bonds is 6. The fraction of sp³-hybridized carbons (Fsp3) is 0.462. The molecule has 1 heterocycles. The van der Waals surface area contributed by atoms with Gasteiger partial charge in [0.15, 0.2) is 17.3 Å². The highest BCUT2D eigenvalue weighted by molar-refractivity contribution is 5.94. The summed E-state index contributed by atoms with van der Waals surface area (Å²) in [6, 6.07) is 5.23. The lowest BCUT2D eigenvalue weighted by Gasteiger charge is -2.11. The Labute approximate surface area is 100 Å². The van der Waals surface area contributed by atoms with Crippen molar-refractivity contribution in [1.29, 1.82) is 0 Å². The molecule has 1 saturated heterocycles. The van der Waals surface area contributed by atoms with Crippen molar-refractivity contribution in [3.05, 3.63) is 23.8 Å². The van der Waals surface area contributed by atoms with Gasteiger partial charge in [0, 0.05) is 5.56 Å². The van der Waals surface area contributed by atoms with Gasteiger partial charge in [-0.3, -0.25) is 4.79 Å². The zero-order valence-electron chi connectivity index (χ0n) is 10.1. The number of hydrogen-bond acceptors (Lipinski definition) is 4. The van der Waals surface area contributed by atoms with Crippen molar-refractivity contribution in [1.82, 2.24) is 0 Å². The highest BCUT2D eigenvalue weighted by atomic mass is 16.6. The Bertz CT molecular complexity index is 410. The van der Waals surface area contributed by atoms with Crippen LogP contribution in [-0.2, 0) is 4.74 Å². The molecule has 1 fully saturated rings. The molecule has 0 aliphatic carbocycles. The molecule has 1 atom stereocenters. The number of benzene rings is 1. The average Bonchev–Trinajstić information content (AvgIpc) is 3.11. The van der Waals surface area contributed by atoms with E-state index in [2.05, 4.69) is 0 Å². The van der Waals surface area contributed by atoms with Gasteiger partial charge in [-0.25, -0.2) is 0 Å². The lowest BCUT2D eigenvalue weighted by atomic mass is 10.1. The minimum atomic E-state index is 0.0167. The quantitative estimate of drug-likeness (QED) is 0.560. The van der Waals surface area contributed by atoms with E-state index in [-0.39, 0.29) is 11.9 Å². The van der Waals surface area contributed by atoms with Crippen LogP contribution in [0.1, 0.15) is 24.2 Å². The third-order valence-electron chi connectivity index (χ3n) is 2.48. The summed E-state index contributed by atoms with van der Waals surface area (Å²) >= 11 is 0. The summed E-state index contributed by atoms with van der Waals surface area (Å²) in [6.07, 6.45) is 0.206. The van der Waals surface area contributed by atoms with Crippen LogP contribution >= 0.6 is 0 Å². The van der Waals surface area contributed by atoms with Gasteiger partial charge in [0.25, 0.3) is 0 Å². The van der Waals surface area contributed by atoms with Gasteiger partial charge in [-0.15, -0.1) is 0 Å². The van der Waals surface area contributed by atoms with Crippen LogP contribution in [0.2, 0.25) is 0 Å². The fourth-order valence-electron chi connectivity index (χ4n) is 1.46. The standard InChI is InChI=1S/C13H16O4/c1-3-15-13-6-10(9(2)14)4-5-12(13)17-8-11-7-16-11/h4-6,11H,3,7-8H2,1-2H3. The summed E-state index contributed by atoms with van der Waals surface area (Å²) in [5.74, 6) is 1.29. The van der Waals surface area contributed by atoms with Gasteiger partial charge < -0.3 is 14.2 Å². The molecule has 0 saturated carbocycles. The zero-order chi connectivity index (χ0) is 12.3. The minimum absolute atomic E-state index is 0.0167. The molecule has 0 amide bonds. The van der Waals surface area contributed by atoms with Crippen molar-refractivity contribution >= 4 is 5.78 Å². The first-order valence-corrected chi connectivity index (χ1v) is 5.73. The summed E-state index contributed by atoms with van der Waals surface area (Å²) in [6.45, 7) is 5.25. The molecule has 0 aromatic heterocycles. The van der Waals surface area contributed by atoms with Gasteiger partial charge >= 0.3 is 0 Å². The van der Waals surface area contributed by atoms with Crippen LogP contribution in [0.5, 0.6) is 11.5 Å². The second-order valence-corrected chi connectivity index (χ2v) is 3.92. The van der Waals surface area contributed by atoms with E-state index in [4.69, 9.17) is 14.2 Å². The SMILES string of the molecule is CCOc1cc(C(C)=O)ccc1OCC1CO1. The second kappa shape index (κ2) is 5.19. The smallest absolute Gasteiger partial charge is 0.161 e. The van der Waals surface area contributed by atoms with Crippen LogP contribution in [0, 0.1) is 0 Å². The lowest BCUT2D eigenvalue weighted by Crippen LogP contribution is -2.06. The molecule has 1 aromatic carbocycles. The normalized spacial score (nSPS) is 17.6. The molecule has 0 bridgehead atoms. The summed E-state index contributed by atoms with van der Waals surface area (Å²) in [7, 11) is 0. The average molecular weight is 236 g/mol. The molecule has 2 rings (SSSR count). The molecular formula is C13H16O4. The van der Waals surface area contributed by atoms with Crippen molar-refractivity contribution in [3.8, 4) is 11.5 Å². The van der Waals surface area contributed by atoms with Crippen LogP contribution < -0.4 is 9.47 Å². The van der Waals surface area contributed by atoms with Crippen LogP contribution in [0.3, 0.4) is 0 Å². The third-order valence-corrected chi connectivity index (χ3v) is 2.48. The fourth-order valence-corrected chi connectivity index (χ4v) is 1.46. The summed E-state index contributed by atoms with van der Waals surface area (Å²) < 4.78 is 16.1. The predicted molar refractivity (Wildman–Crippen MR) is 62.9 cm³/mol. The minimum Gasteiger partial charge on any atom is -0.490 e. The highest BCUT2D eigenvalue weighted by Crippen LogP contribution is 2.29. The molecule has 4 heteroatoms. The Hall–Kier alpha value is -1.55. The third kappa shape index (κ3) is 3.20. The van der Waals surface area contributed by atoms with E-state index < -0.39 is 0 Å². The largest absolute Gasteiger partial charge is 0.490 e. The van der Waals surface area contributed by atoms with Crippen molar-refractivity contribution in [3.63, 3.8) is 0 Å². The van der Waals surface area contributed by atoms with Crippen LogP contribution in [0.4, 0.5) is 0 Å². The van der Waals surface area contributed by atoms with Gasteiger partial charge in [-0.05, 0) is 32.0 Å². The van der Waals surface area contributed by atoms with E-state index in [1.165, 1.54) is 6.92 Å². The first-order valence-electron chi connectivity index (χ1n) is 5.73. The maximum Gasteiger partial charge on any atom is 0.161 e. The monoisotopic (exact) mass is 236 g/mol. The first kappa shape index (κ1) is 11.9. The van der Waals surface area contributed by atoms with E-state index in [0.717, 1.165) is 6.61 Å². The van der Waals surface area contributed by atoms with Gasteiger partial charge in [0.2, 0.25) is 0 Å². The summed E-state index contributed by atoms with van der Waals surface area (Å²) in [4.78, 5) is 11.3. The molecule has 1 aromatic rings. The molecule has 0 spiro atoms. The van der Waals surface area contributed by atoms with Gasteiger partial charge in [-0.1, -0.05) is 0 Å². The number of Topliss-reactive ketones (excluding diaryl/α,β-unsaturated/α-hetero) is 1. The van der Waals surface area contributed by atoms with Crippen molar-refractivity contribution in [2.45, 2.75) is 20.0 Å². The first-order chi connectivity index (χ1) is 8.20. The van der Waals surface area contributed by atoms with E-state index in [0.29, 0.717) is 30.3 Å². The predicted octanol–water partition coefficient (Wildman–Crippen LogP) is 2.07. The van der Waals surface area contributed by atoms with Gasteiger partial charge in [0.05, 0.1) is 13.2 Å². The van der Waals surface area contributed by atoms with Crippen molar-refractivity contribution < 1.29 is 19.0 Å². The molecule has 92 valence electrons. The Morgan fingerprint density at radius 2 is 2.18 bits per heavy atom. The van der Waals surface area contributed by atoms with Gasteiger partial charge in [-0.2, -0.15) is 0 Å². The molecule has 1 aliphatic rings. The summed E-state index contributed by atoms with van der Waals surface area (Å²) in [5.41, 5.74) is 0.628. The van der Waals surface area contributed by atoms with Crippen LogP contribution in [0.25, 0.3) is 0 Å². The van der Waals surface area contributed by atoms with E-state index in [9.17, 15) is 4.79 Å². The molecule has 1 unspecified atom stereocenters. The molecule has 4 nitrogen and oxygen atoms in total. The van der Waals surface area contributed by atoms with E-state index >= 15 is 0 Å². The molecule has 0 radical (unpaired) electrons. The Balaban J connectivity index is 2.13. The Morgan fingerprint density at radius 3 is 2.76 bits per heavy atom. The molecule has 1 aliphatic heterocycles. The second-order valence-electron chi connectivity index (χ2n) is 3.92. The van der Waals surface area contributed by atoms with Crippen molar-refractivity contribution in [2.75, 3.05) is 19.8 Å². The number of ether oxygens (including phenoxy) is 3. The van der Waals surface area contributed by atoms with Crippen LogP contribution in [-0.4, -0.2) is 31.7 Å². The van der Waals surface area contributed by atoms with E-state index in [1.54, 1.807) is 18.2 Å². The number of ketones is 1. The van der Waals surface area contributed by atoms with Crippen molar-refractivity contribution in [2.24, 2.45) is 0 Å². The van der Waals surface area contributed by atoms with Gasteiger partial charge in [0.1, 0.15) is 12.7 Å². The molecule has 0 N–H and O–H groups in total. The molecular weight excluding hydrogens is 220 g/mol. The lowest BCUT2D eigenvalue weighted by molar-refractivity contribution is 0.101. The number of hydrogen-bond donors (Lipinski definition) is 0. The summed E-state index contributed by atoms with van der Waals surface area (Å²) in [5, 5.41) is 0. The number of carbonyl (C=O) groups excluding carboxylic acids is 1. The van der Waals surface area contributed by atoms with Crippen LogP contribution in [0.15, 0.2) is 18.2 Å². The van der Waals surface area contributed by atoms with E-state index in [1.807, 2.05) is 6.92 Å². The Kier molecular flexibility index (Phi) is 3.64. The maximum atomic E-state index is 11.3. The highest BCUT2D eigenvalue weighted by Gasteiger charge is 2.23. The number of carbonyl (C=O) groups is 1. The number of epoxide rings is 1. The molecule has 17 heavy (non-hydrogen) atoms. The topological polar surface area (TPSA) is 48.1 Å². The zero-order valence-corrected chi connectivity index (χ0v) is 10.1.